The molecule has 3 aliphatic heterocycles. The summed E-state index contributed by atoms with van der Waals surface area (Å²) in [6.45, 7) is 6.92. The number of amides is 1. The monoisotopic (exact) mass is 489 g/mol. The molecule has 1 N–H and O–H groups in total. The highest BCUT2D eigenvalue weighted by Crippen LogP contribution is 2.49. The van der Waals surface area contributed by atoms with Gasteiger partial charge < -0.3 is 14.6 Å². The number of allylic oxidation sites excluding steroid dienone is 1. The van der Waals surface area contributed by atoms with Crippen molar-refractivity contribution in [2.75, 3.05) is 26.2 Å². The summed E-state index contributed by atoms with van der Waals surface area (Å²) in [6.07, 6.45) is 7.76. The second-order valence-electron chi connectivity index (χ2n) is 10.7. The van der Waals surface area contributed by atoms with Crippen molar-refractivity contribution in [3.05, 3.63) is 75.7 Å². The minimum atomic E-state index is -0.324. The third-order valence-corrected chi connectivity index (χ3v) is 8.59. The number of pyridine rings is 1. The fourth-order valence-electron chi connectivity index (χ4n) is 6.92. The Morgan fingerprint density at radius 3 is 2.53 bits per heavy atom. The summed E-state index contributed by atoms with van der Waals surface area (Å²) < 4.78 is 1.88. The molecule has 36 heavy (non-hydrogen) atoms. The lowest BCUT2D eigenvalue weighted by atomic mass is 9.86. The van der Waals surface area contributed by atoms with Gasteiger partial charge in [-0.15, -0.1) is 0 Å². The van der Waals surface area contributed by atoms with Crippen LogP contribution in [0.25, 0.3) is 6.08 Å². The normalized spacial score (nSPS) is 26.5. The molecule has 0 unspecified atom stereocenters. The van der Waals surface area contributed by atoms with Crippen molar-refractivity contribution in [3.63, 3.8) is 0 Å². The van der Waals surface area contributed by atoms with E-state index in [0.717, 1.165) is 51.0 Å². The zero-order valence-electron chi connectivity index (χ0n) is 21.6. The smallest absolute Gasteiger partial charge is 0.258 e. The number of piperidine rings is 1. The quantitative estimate of drug-likeness (QED) is 0.644. The Hall–Kier alpha value is -2.70. The largest absolute Gasteiger partial charge is 0.396 e. The Morgan fingerprint density at radius 2 is 1.86 bits per heavy atom. The Morgan fingerprint density at radius 1 is 1.11 bits per heavy atom. The van der Waals surface area contributed by atoms with E-state index in [1.165, 1.54) is 5.56 Å². The first-order valence-electron chi connectivity index (χ1n) is 13.6. The van der Waals surface area contributed by atoms with Gasteiger partial charge in [0.2, 0.25) is 5.91 Å². The molecule has 0 bridgehead atoms. The van der Waals surface area contributed by atoms with Gasteiger partial charge in [0.05, 0.1) is 12.1 Å². The lowest BCUT2D eigenvalue weighted by Crippen LogP contribution is -2.52. The van der Waals surface area contributed by atoms with Crippen molar-refractivity contribution in [2.45, 2.75) is 58.2 Å². The first-order chi connectivity index (χ1) is 17.6. The number of hydrogen-bond acceptors (Lipinski definition) is 4. The lowest BCUT2D eigenvalue weighted by molar-refractivity contribution is -0.139. The summed E-state index contributed by atoms with van der Waals surface area (Å²) in [5.74, 6) is 0.666. The zero-order chi connectivity index (χ0) is 25.2. The number of carbonyl (C=O) groups is 1. The molecule has 0 spiro atoms. The van der Waals surface area contributed by atoms with Crippen LogP contribution in [0, 0.1) is 17.8 Å². The van der Waals surface area contributed by atoms with Gasteiger partial charge in [0, 0.05) is 49.3 Å². The van der Waals surface area contributed by atoms with Crippen LogP contribution in [-0.4, -0.2) is 57.7 Å². The summed E-state index contributed by atoms with van der Waals surface area (Å²) in [4.78, 5) is 31.4. The Kier molecular flexibility index (Phi) is 7.44. The molecule has 5 rings (SSSR count). The molecule has 2 saturated heterocycles. The average molecular weight is 490 g/mol. The minimum Gasteiger partial charge on any atom is -0.396 e. The molecule has 192 valence electrons. The molecule has 4 heterocycles. The van der Waals surface area contributed by atoms with E-state index in [4.69, 9.17) is 0 Å². The third kappa shape index (κ3) is 4.46. The van der Waals surface area contributed by atoms with Gasteiger partial charge in [0.15, 0.2) is 0 Å². The van der Waals surface area contributed by atoms with E-state index in [9.17, 15) is 14.7 Å². The highest BCUT2D eigenvalue weighted by atomic mass is 16.3. The van der Waals surface area contributed by atoms with Crippen LogP contribution in [0.4, 0.5) is 0 Å². The molecular formula is C30H39N3O3. The summed E-state index contributed by atoms with van der Waals surface area (Å²) in [5.41, 5.74) is 3.07. The number of benzene rings is 1. The number of aromatic nitrogens is 1. The summed E-state index contributed by atoms with van der Waals surface area (Å²) >= 11 is 0. The number of nitrogens with zero attached hydrogens (tertiary/aromatic N) is 3. The van der Waals surface area contributed by atoms with Crippen LogP contribution in [0.5, 0.6) is 0 Å². The molecule has 1 aromatic heterocycles. The van der Waals surface area contributed by atoms with Crippen molar-refractivity contribution < 1.29 is 9.90 Å². The second kappa shape index (κ2) is 10.7. The Balaban J connectivity index is 1.35. The van der Waals surface area contributed by atoms with E-state index >= 15 is 0 Å². The first-order valence-corrected chi connectivity index (χ1v) is 13.6. The molecule has 2 fully saturated rings. The molecule has 6 heteroatoms. The van der Waals surface area contributed by atoms with Gasteiger partial charge in [0.1, 0.15) is 0 Å². The highest BCUT2D eigenvalue weighted by molar-refractivity contribution is 5.83. The highest BCUT2D eigenvalue weighted by Gasteiger charge is 2.56. The van der Waals surface area contributed by atoms with E-state index in [1.807, 2.05) is 34.6 Å². The number of aliphatic hydroxyl groups excluding tert-OH is 1. The van der Waals surface area contributed by atoms with Crippen LogP contribution in [0.15, 0.2) is 53.3 Å². The first kappa shape index (κ1) is 25.0. The zero-order valence-corrected chi connectivity index (χ0v) is 21.6. The van der Waals surface area contributed by atoms with Crippen LogP contribution >= 0.6 is 0 Å². The number of hydrogen-bond donors (Lipinski definition) is 1. The molecule has 1 amide bonds. The van der Waals surface area contributed by atoms with Crippen molar-refractivity contribution in [1.82, 2.24) is 14.4 Å². The van der Waals surface area contributed by atoms with E-state index in [1.54, 1.807) is 0 Å². The van der Waals surface area contributed by atoms with E-state index in [-0.39, 0.29) is 42.0 Å². The maximum Gasteiger partial charge on any atom is 0.258 e. The number of aliphatic hydroxyl groups is 1. The van der Waals surface area contributed by atoms with Gasteiger partial charge >= 0.3 is 0 Å². The molecule has 4 atom stereocenters. The fourth-order valence-corrected chi connectivity index (χ4v) is 6.92. The maximum atomic E-state index is 14.0. The molecule has 1 aromatic carbocycles. The fraction of sp³-hybridized carbons (Fsp3) is 0.533. The number of fused-ring (bicyclic) bond motifs is 3. The molecule has 3 aliphatic rings. The van der Waals surface area contributed by atoms with Crippen LogP contribution in [-0.2, 0) is 17.8 Å². The van der Waals surface area contributed by atoms with E-state index < -0.39 is 0 Å². The molecule has 0 radical (unpaired) electrons. The van der Waals surface area contributed by atoms with Gasteiger partial charge in [-0.1, -0.05) is 49.4 Å². The van der Waals surface area contributed by atoms with Gasteiger partial charge in [0.25, 0.3) is 5.56 Å². The number of carbonyl (C=O) groups excluding carboxylic acids is 1. The predicted molar refractivity (Wildman–Crippen MR) is 142 cm³/mol. The third-order valence-electron chi connectivity index (χ3n) is 8.59. The van der Waals surface area contributed by atoms with E-state index in [2.05, 4.69) is 48.2 Å². The minimum absolute atomic E-state index is 0.000902. The van der Waals surface area contributed by atoms with E-state index in [0.29, 0.717) is 18.0 Å². The number of rotatable bonds is 7. The van der Waals surface area contributed by atoms with Crippen LogP contribution in [0.3, 0.4) is 0 Å². The van der Waals surface area contributed by atoms with Gasteiger partial charge in [-0.05, 0) is 62.8 Å². The Labute approximate surface area is 214 Å². The van der Waals surface area contributed by atoms with Crippen molar-refractivity contribution in [3.8, 4) is 0 Å². The average Bonchev–Trinajstić information content (AvgIpc) is 3.42. The topological polar surface area (TPSA) is 65.8 Å². The van der Waals surface area contributed by atoms with Gasteiger partial charge in [-0.25, -0.2) is 0 Å². The summed E-state index contributed by atoms with van der Waals surface area (Å²) in [5, 5.41) is 10.5. The lowest BCUT2D eigenvalue weighted by Gasteiger charge is -2.38. The molecule has 6 nitrogen and oxygen atoms in total. The van der Waals surface area contributed by atoms with Gasteiger partial charge in [-0.2, -0.15) is 0 Å². The van der Waals surface area contributed by atoms with Gasteiger partial charge in [-0.3, -0.25) is 14.5 Å². The van der Waals surface area contributed by atoms with Crippen LogP contribution < -0.4 is 5.56 Å². The predicted octanol–water partition coefficient (Wildman–Crippen LogP) is 3.74. The molecule has 2 aromatic rings. The molecule has 0 aliphatic carbocycles. The molecular weight excluding hydrogens is 450 g/mol. The summed E-state index contributed by atoms with van der Waals surface area (Å²) in [7, 11) is 0. The van der Waals surface area contributed by atoms with Crippen LogP contribution in [0.1, 0.15) is 56.0 Å². The van der Waals surface area contributed by atoms with Crippen molar-refractivity contribution in [1.29, 1.82) is 0 Å². The SMILES string of the molecule is C/C=C/c1ccc2n(c1=O)C[C@H]1[C@H](CO)[C@@H](C(=O)N3CCC(Cc4ccccc4)CC3)N(CCC)[C@@H]21. The Bertz CT molecular complexity index is 1150. The van der Waals surface area contributed by atoms with Crippen molar-refractivity contribution >= 4 is 12.0 Å². The van der Waals surface area contributed by atoms with Crippen molar-refractivity contribution in [2.24, 2.45) is 17.8 Å². The number of likely N-dealkylation sites (tertiary alicyclic amines) is 2. The molecule has 0 saturated carbocycles. The second-order valence-corrected chi connectivity index (χ2v) is 10.7. The maximum absolute atomic E-state index is 14.0. The summed E-state index contributed by atoms with van der Waals surface area (Å²) in [6, 6.07) is 14.3. The van der Waals surface area contributed by atoms with Crippen LogP contribution in [0.2, 0.25) is 0 Å². The standard InChI is InChI=1S/C30H39N3O3/c1-3-8-23-11-12-26-27-24(19-33(26)29(23)35)25(20-34)28(32(27)15-4-2)30(36)31-16-13-22(14-17-31)18-21-9-6-5-7-10-21/h3,5-12,22,24-25,27-28,34H,4,13-20H2,1-2H3/b8-3+/t24-,25-,27+,28-/m0/s1.